The fourth-order valence-electron chi connectivity index (χ4n) is 4.49. The average molecular weight is 298 g/mol. The van der Waals surface area contributed by atoms with Crippen LogP contribution < -0.4 is 0 Å². The zero-order chi connectivity index (χ0) is 15.3. The third-order valence-corrected chi connectivity index (χ3v) is 5.68. The molecule has 0 aliphatic carbocycles. The van der Waals surface area contributed by atoms with Crippen LogP contribution in [0.2, 0.25) is 0 Å². The second kappa shape index (κ2) is 5.13. The maximum Gasteiger partial charge on any atom is 0.337 e. The van der Waals surface area contributed by atoms with Crippen LogP contribution >= 0.6 is 0 Å². The van der Waals surface area contributed by atoms with Crippen molar-refractivity contribution in [2.45, 2.75) is 50.2 Å². The van der Waals surface area contributed by atoms with Crippen LogP contribution in [-0.4, -0.2) is 39.7 Å². The normalized spacial score (nSPS) is 28.9. The maximum atomic E-state index is 11.5. The molecule has 3 heterocycles. The number of aromatic carboxylic acids is 1. The molecule has 4 nitrogen and oxygen atoms in total. The van der Waals surface area contributed by atoms with Crippen molar-refractivity contribution in [3.05, 3.63) is 36.0 Å². The molecule has 2 aliphatic rings. The Bertz CT molecular complexity index is 707. The first kappa shape index (κ1) is 13.8. The summed E-state index contributed by atoms with van der Waals surface area (Å²) in [7, 11) is 2.25. The topological polar surface area (TPSA) is 45.5 Å². The molecule has 1 aromatic heterocycles. The number of rotatable bonds is 2. The third-order valence-electron chi connectivity index (χ3n) is 5.68. The molecule has 2 unspecified atom stereocenters. The lowest BCUT2D eigenvalue weighted by Gasteiger charge is -2.47. The summed E-state index contributed by atoms with van der Waals surface area (Å²) in [5.74, 6) is -0.830. The lowest BCUT2D eigenvalue weighted by molar-refractivity contribution is 0.0410. The Morgan fingerprint density at radius 3 is 2.50 bits per heavy atom. The van der Waals surface area contributed by atoms with Crippen LogP contribution in [0.1, 0.15) is 48.5 Å². The van der Waals surface area contributed by atoms with E-state index < -0.39 is 5.97 Å². The zero-order valence-electron chi connectivity index (χ0n) is 12.9. The highest BCUT2D eigenvalue weighted by atomic mass is 16.4. The molecule has 2 aromatic rings. The first-order valence-corrected chi connectivity index (χ1v) is 8.20. The molecule has 22 heavy (non-hydrogen) atoms. The molecule has 116 valence electrons. The van der Waals surface area contributed by atoms with Gasteiger partial charge in [0.05, 0.1) is 5.56 Å². The zero-order valence-corrected chi connectivity index (χ0v) is 12.9. The van der Waals surface area contributed by atoms with E-state index in [4.69, 9.17) is 0 Å². The van der Waals surface area contributed by atoms with E-state index in [9.17, 15) is 9.90 Å². The number of piperidine rings is 2. The van der Waals surface area contributed by atoms with Gasteiger partial charge in [0, 0.05) is 35.2 Å². The van der Waals surface area contributed by atoms with Crippen molar-refractivity contribution < 1.29 is 9.90 Å². The smallest absolute Gasteiger partial charge is 0.337 e. The van der Waals surface area contributed by atoms with Crippen molar-refractivity contribution in [1.29, 1.82) is 0 Å². The number of carboxylic acid groups (broad SMARTS) is 1. The lowest BCUT2D eigenvalue weighted by atomic mass is 9.82. The van der Waals surface area contributed by atoms with Crippen molar-refractivity contribution in [1.82, 2.24) is 9.47 Å². The monoisotopic (exact) mass is 298 g/mol. The predicted octanol–water partition coefficient (Wildman–Crippen LogP) is 3.53. The molecule has 4 rings (SSSR count). The first-order valence-electron chi connectivity index (χ1n) is 8.20. The largest absolute Gasteiger partial charge is 0.478 e. The number of aromatic nitrogens is 1. The van der Waals surface area contributed by atoms with E-state index in [2.05, 4.69) is 22.6 Å². The Labute approximate surface area is 130 Å². The van der Waals surface area contributed by atoms with Crippen molar-refractivity contribution >= 4 is 16.9 Å². The van der Waals surface area contributed by atoms with Crippen molar-refractivity contribution in [2.75, 3.05) is 7.05 Å². The number of para-hydroxylation sites is 1. The van der Waals surface area contributed by atoms with Gasteiger partial charge in [0.1, 0.15) is 0 Å². The van der Waals surface area contributed by atoms with E-state index in [1.54, 1.807) is 0 Å². The summed E-state index contributed by atoms with van der Waals surface area (Å²) in [6.45, 7) is 0. The Hall–Kier alpha value is -1.81. The van der Waals surface area contributed by atoms with Crippen LogP contribution in [0.5, 0.6) is 0 Å². The molecule has 1 N–H and O–H groups in total. The number of hydrogen-bond donors (Lipinski definition) is 1. The molecule has 2 bridgehead atoms. The lowest BCUT2D eigenvalue weighted by Crippen LogP contribution is -2.49. The molecule has 0 radical (unpaired) electrons. The van der Waals surface area contributed by atoms with Crippen LogP contribution in [0, 0.1) is 0 Å². The molecule has 4 heteroatoms. The molecule has 0 spiro atoms. The van der Waals surface area contributed by atoms with E-state index in [0.717, 1.165) is 23.7 Å². The van der Waals surface area contributed by atoms with Gasteiger partial charge in [-0.05, 0) is 38.8 Å². The second-order valence-corrected chi connectivity index (χ2v) is 6.80. The minimum Gasteiger partial charge on any atom is -0.478 e. The van der Waals surface area contributed by atoms with E-state index in [1.807, 2.05) is 24.4 Å². The van der Waals surface area contributed by atoms with Gasteiger partial charge in [0.25, 0.3) is 0 Å². The summed E-state index contributed by atoms with van der Waals surface area (Å²) in [6.07, 6.45) is 8.00. The van der Waals surface area contributed by atoms with Gasteiger partial charge in [-0.15, -0.1) is 0 Å². The number of hydrogen-bond acceptors (Lipinski definition) is 2. The molecule has 0 amide bonds. The highest BCUT2D eigenvalue weighted by molar-refractivity contribution is 6.03. The SMILES string of the molecule is CN1C2CCCC1CC(n1cc(C(=O)O)c3ccccc31)C2. The Kier molecular flexibility index (Phi) is 3.22. The number of nitrogens with zero attached hydrogens (tertiary/aromatic N) is 2. The summed E-state index contributed by atoms with van der Waals surface area (Å²) in [5.41, 5.74) is 1.49. The first-order chi connectivity index (χ1) is 10.6. The number of carboxylic acids is 1. The highest BCUT2D eigenvalue weighted by Gasteiger charge is 2.37. The van der Waals surface area contributed by atoms with Crippen molar-refractivity contribution in [3.8, 4) is 0 Å². The van der Waals surface area contributed by atoms with E-state index in [1.165, 1.54) is 19.3 Å². The molecule has 2 saturated heterocycles. The maximum absolute atomic E-state index is 11.5. The average Bonchev–Trinajstić information content (AvgIpc) is 2.87. The Morgan fingerprint density at radius 1 is 1.14 bits per heavy atom. The molecular weight excluding hydrogens is 276 g/mol. The molecule has 1 aromatic carbocycles. The van der Waals surface area contributed by atoms with Gasteiger partial charge in [-0.1, -0.05) is 24.6 Å². The van der Waals surface area contributed by atoms with E-state index in [-0.39, 0.29) is 0 Å². The highest BCUT2D eigenvalue weighted by Crippen LogP contribution is 2.40. The van der Waals surface area contributed by atoms with Crippen molar-refractivity contribution in [2.24, 2.45) is 0 Å². The quantitative estimate of drug-likeness (QED) is 0.922. The van der Waals surface area contributed by atoms with Gasteiger partial charge in [0.15, 0.2) is 0 Å². The fourth-order valence-corrected chi connectivity index (χ4v) is 4.49. The van der Waals surface area contributed by atoms with Crippen LogP contribution in [0.3, 0.4) is 0 Å². The summed E-state index contributed by atoms with van der Waals surface area (Å²) in [6, 6.07) is 9.60. The fraction of sp³-hybridized carbons (Fsp3) is 0.500. The molecular formula is C18H22N2O2. The standard InChI is InChI=1S/C18H22N2O2/c1-19-12-5-4-6-13(19)10-14(9-12)20-11-16(18(21)22)15-7-2-3-8-17(15)20/h2-3,7-8,11-14H,4-6,9-10H2,1H3,(H,21,22). The van der Waals surface area contributed by atoms with Gasteiger partial charge >= 0.3 is 5.97 Å². The number of benzene rings is 1. The van der Waals surface area contributed by atoms with Gasteiger partial charge in [-0.25, -0.2) is 4.79 Å². The Morgan fingerprint density at radius 2 is 1.82 bits per heavy atom. The van der Waals surface area contributed by atoms with Gasteiger partial charge in [-0.3, -0.25) is 0 Å². The van der Waals surface area contributed by atoms with Crippen LogP contribution in [0.25, 0.3) is 10.9 Å². The molecule has 2 fully saturated rings. The van der Waals surface area contributed by atoms with Crippen LogP contribution in [-0.2, 0) is 0 Å². The van der Waals surface area contributed by atoms with Gasteiger partial charge in [0.2, 0.25) is 0 Å². The second-order valence-electron chi connectivity index (χ2n) is 6.80. The predicted molar refractivity (Wildman–Crippen MR) is 86.4 cm³/mol. The summed E-state index contributed by atoms with van der Waals surface area (Å²) >= 11 is 0. The summed E-state index contributed by atoms with van der Waals surface area (Å²) in [4.78, 5) is 14.1. The molecule has 2 atom stereocenters. The number of fused-ring (bicyclic) bond motifs is 3. The third kappa shape index (κ3) is 2.05. The van der Waals surface area contributed by atoms with E-state index in [0.29, 0.717) is 23.7 Å². The van der Waals surface area contributed by atoms with Crippen molar-refractivity contribution in [3.63, 3.8) is 0 Å². The summed E-state index contributed by atoms with van der Waals surface area (Å²) in [5, 5.41) is 10.3. The van der Waals surface area contributed by atoms with E-state index >= 15 is 0 Å². The number of carbonyl (C=O) groups is 1. The Balaban J connectivity index is 1.77. The molecule has 0 saturated carbocycles. The summed E-state index contributed by atoms with van der Waals surface area (Å²) < 4.78 is 2.23. The minimum absolute atomic E-state index is 0.421. The molecule has 2 aliphatic heterocycles. The van der Waals surface area contributed by atoms with Gasteiger partial charge < -0.3 is 14.6 Å². The van der Waals surface area contributed by atoms with Crippen LogP contribution in [0.4, 0.5) is 0 Å². The minimum atomic E-state index is -0.830. The van der Waals surface area contributed by atoms with Crippen LogP contribution in [0.15, 0.2) is 30.5 Å². The van der Waals surface area contributed by atoms with Gasteiger partial charge in [-0.2, -0.15) is 0 Å².